The molecule has 0 radical (unpaired) electrons. The van der Waals surface area contributed by atoms with Crippen molar-refractivity contribution in [2.24, 2.45) is 0 Å². The maximum Gasteiger partial charge on any atom is 0.343 e. The van der Waals surface area contributed by atoms with Crippen LogP contribution in [0.15, 0.2) is 60.9 Å². The van der Waals surface area contributed by atoms with E-state index in [2.05, 4.69) is 16.9 Å². The number of rotatable bonds is 19. The summed E-state index contributed by atoms with van der Waals surface area (Å²) in [5.41, 5.74) is 2.60. The van der Waals surface area contributed by atoms with Gasteiger partial charge in [0.05, 0.1) is 24.2 Å². The largest absolute Gasteiger partial charge is 0.466 e. The third-order valence-corrected chi connectivity index (χ3v) is 7.27. The molecule has 0 aliphatic heterocycles. The number of aryl methyl sites for hydroxylation is 1. The van der Waals surface area contributed by atoms with Crippen molar-refractivity contribution in [2.75, 3.05) is 6.61 Å². The summed E-state index contributed by atoms with van der Waals surface area (Å²) in [5, 5.41) is 0. The fourth-order valence-electron chi connectivity index (χ4n) is 4.78. The first-order valence-electron chi connectivity index (χ1n) is 16.0. The summed E-state index contributed by atoms with van der Waals surface area (Å²) in [6, 6.07) is 13.0. The third kappa shape index (κ3) is 12.3. The quantitative estimate of drug-likeness (QED) is 0.0766. The summed E-state index contributed by atoms with van der Waals surface area (Å²) >= 11 is 0. The van der Waals surface area contributed by atoms with E-state index in [0.717, 1.165) is 24.0 Å². The Kier molecular flexibility index (Phi) is 15.1. The Balaban J connectivity index is 1.40. The number of ether oxygens (including phenoxy) is 3. The molecule has 0 aliphatic rings. The second-order valence-electron chi connectivity index (χ2n) is 11.1. The molecule has 0 aliphatic carbocycles. The van der Waals surface area contributed by atoms with Crippen molar-refractivity contribution in [1.29, 1.82) is 0 Å². The molecule has 3 aromatic rings. The van der Waals surface area contributed by atoms with Gasteiger partial charge in [0, 0.05) is 18.0 Å². The predicted molar refractivity (Wildman–Crippen MR) is 171 cm³/mol. The van der Waals surface area contributed by atoms with Crippen molar-refractivity contribution >= 4 is 17.9 Å². The number of aromatic nitrogens is 2. The molecule has 0 bridgehead atoms. The number of benzene rings is 2. The van der Waals surface area contributed by atoms with Crippen LogP contribution in [-0.4, -0.2) is 40.6 Å². The van der Waals surface area contributed by atoms with Gasteiger partial charge in [-0.2, -0.15) is 0 Å². The average Bonchev–Trinajstić information content (AvgIpc) is 3.02. The Bertz CT molecular complexity index is 1290. The van der Waals surface area contributed by atoms with E-state index in [1.807, 2.05) is 12.4 Å². The van der Waals surface area contributed by atoms with Crippen LogP contribution in [0.1, 0.15) is 118 Å². The van der Waals surface area contributed by atoms with Crippen LogP contribution in [0.4, 0.5) is 0 Å². The summed E-state index contributed by atoms with van der Waals surface area (Å²) < 4.78 is 15.6. The highest BCUT2D eigenvalue weighted by Crippen LogP contribution is 2.19. The first kappa shape index (κ1) is 34.4. The van der Waals surface area contributed by atoms with Crippen LogP contribution in [0.5, 0.6) is 5.75 Å². The topological polar surface area (TPSA) is 105 Å². The van der Waals surface area contributed by atoms with Crippen LogP contribution in [0.3, 0.4) is 0 Å². The second kappa shape index (κ2) is 19.3. The van der Waals surface area contributed by atoms with Crippen molar-refractivity contribution in [2.45, 2.75) is 104 Å². The molecule has 8 nitrogen and oxygen atoms in total. The number of nitrogens with zero attached hydrogens (tertiary/aromatic N) is 2. The lowest BCUT2D eigenvalue weighted by Crippen LogP contribution is -2.20. The molecule has 1 atom stereocenters. The number of hydrogen-bond acceptors (Lipinski definition) is 8. The van der Waals surface area contributed by atoms with Crippen LogP contribution in [0, 0.1) is 0 Å². The summed E-state index contributed by atoms with van der Waals surface area (Å²) in [6.07, 6.45) is 17.3. The number of carbonyl (C=O) groups is 3. The molecule has 0 saturated heterocycles. The lowest BCUT2D eigenvalue weighted by Gasteiger charge is -2.12. The molecule has 236 valence electrons. The standard InChI is InChI=1S/C36H46N2O6/c1-4-6-7-8-9-10-11-12-13-14-15-28-25-37-34(38-26-28)29-16-18-30(19-17-29)36(41)44-32-22-20-31(21-23-32)35(40)43-27(3)24-33(39)42-5-2/h16-23,25-27H,4-15,24H2,1-3H3/t27-/m1/s1. The van der Waals surface area contributed by atoms with Crippen LogP contribution in [-0.2, 0) is 20.7 Å². The lowest BCUT2D eigenvalue weighted by molar-refractivity contribution is -0.145. The molecule has 0 unspecified atom stereocenters. The van der Waals surface area contributed by atoms with Gasteiger partial charge in [-0.25, -0.2) is 19.6 Å². The van der Waals surface area contributed by atoms with E-state index in [1.165, 1.54) is 82.1 Å². The molecule has 0 fully saturated rings. The van der Waals surface area contributed by atoms with Gasteiger partial charge in [-0.3, -0.25) is 4.79 Å². The van der Waals surface area contributed by atoms with Gasteiger partial charge in [-0.1, -0.05) is 76.8 Å². The minimum atomic E-state index is -0.625. The molecular formula is C36H46N2O6. The number of unbranched alkanes of at least 4 members (excludes halogenated alkanes) is 9. The molecule has 8 heteroatoms. The highest BCUT2D eigenvalue weighted by molar-refractivity contribution is 5.92. The molecule has 3 rings (SSSR count). The molecule has 1 heterocycles. The van der Waals surface area contributed by atoms with Crippen molar-refractivity contribution in [1.82, 2.24) is 9.97 Å². The fraction of sp³-hybridized carbons (Fsp3) is 0.472. The van der Waals surface area contributed by atoms with Crippen LogP contribution in [0.25, 0.3) is 11.4 Å². The molecule has 0 N–H and O–H groups in total. The highest BCUT2D eigenvalue weighted by atomic mass is 16.6. The van der Waals surface area contributed by atoms with Gasteiger partial charge in [0.2, 0.25) is 0 Å². The summed E-state index contributed by atoms with van der Waals surface area (Å²) in [6.45, 7) is 5.86. The molecule has 0 amide bonds. The van der Waals surface area contributed by atoms with E-state index in [9.17, 15) is 14.4 Å². The van der Waals surface area contributed by atoms with Gasteiger partial charge in [0.1, 0.15) is 11.9 Å². The zero-order valence-electron chi connectivity index (χ0n) is 26.4. The van der Waals surface area contributed by atoms with Gasteiger partial charge in [0.25, 0.3) is 0 Å². The van der Waals surface area contributed by atoms with E-state index in [4.69, 9.17) is 14.2 Å². The van der Waals surface area contributed by atoms with E-state index in [0.29, 0.717) is 11.4 Å². The van der Waals surface area contributed by atoms with Gasteiger partial charge < -0.3 is 14.2 Å². The third-order valence-electron chi connectivity index (χ3n) is 7.27. The number of carbonyl (C=O) groups excluding carboxylic acids is 3. The maximum atomic E-state index is 12.7. The highest BCUT2D eigenvalue weighted by Gasteiger charge is 2.17. The van der Waals surface area contributed by atoms with E-state index in [-0.39, 0.29) is 24.3 Å². The van der Waals surface area contributed by atoms with Gasteiger partial charge in [-0.05, 0) is 68.7 Å². The first-order valence-corrected chi connectivity index (χ1v) is 16.0. The summed E-state index contributed by atoms with van der Waals surface area (Å²) in [4.78, 5) is 45.6. The summed E-state index contributed by atoms with van der Waals surface area (Å²) in [5.74, 6) is -0.636. The molecule has 0 saturated carbocycles. The van der Waals surface area contributed by atoms with Gasteiger partial charge >= 0.3 is 17.9 Å². The van der Waals surface area contributed by atoms with Crippen LogP contribution < -0.4 is 4.74 Å². The summed E-state index contributed by atoms with van der Waals surface area (Å²) in [7, 11) is 0. The minimum Gasteiger partial charge on any atom is -0.466 e. The monoisotopic (exact) mass is 602 g/mol. The van der Waals surface area contributed by atoms with Crippen molar-refractivity contribution in [3.8, 4) is 17.1 Å². The Hall–Kier alpha value is -4.07. The number of hydrogen-bond donors (Lipinski definition) is 0. The maximum absolute atomic E-state index is 12.7. The van der Waals surface area contributed by atoms with E-state index < -0.39 is 24.0 Å². The lowest BCUT2D eigenvalue weighted by atomic mass is 10.0. The Morgan fingerprint density at radius 2 is 1.25 bits per heavy atom. The molecule has 44 heavy (non-hydrogen) atoms. The minimum absolute atomic E-state index is 0.0229. The smallest absolute Gasteiger partial charge is 0.343 e. The second-order valence-corrected chi connectivity index (χ2v) is 11.1. The van der Waals surface area contributed by atoms with Gasteiger partial charge in [-0.15, -0.1) is 0 Å². The number of esters is 3. The van der Waals surface area contributed by atoms with Crippen LogP contribution in [0.2, 0.25) is 0 Å². The molecule has 2 aromatic carbocycles. The first-order chi connectivity index (χ1) is 21.4. The van der Waals surface area contributed by atoms with Crippen molar-refractivity contribution < 1.29 is 28.6 Å². The van der Waals surface area contributed by atoms with Gasteiger partial charge in [0.15, 0.2) is 5.82 Å². The normalized spacial score (nSPS) is 11.5. The predicted octanol–water partition coefficient (Wildman–Crippen LogP) is 8.32. The Labute approximate surface area is 261 Å². The SMILES string of the molecule is CCCCCCCCCCCCc1cnc(-c2ccc(C(=O)Oc3ccc(C(=O)O[C@H](C)CC(=O)OCC)cc3)cc2)nc1. The zero-order valence-corrected chi connectivity index (χ0v) is 26.4. The van der Waals surface area contributed by atoms with Crippen LogP contribution >= 0.6 is 0 Å². The fourth-order valence-corrected chi connectivity index (χ4v) is 4.78. The molecular weight excluding hydrogens is 556 g/mol. The Morgan fingerprint density at radius 3 is 1.84 bits per heavy atom. The molecule has 0 spiro atoms. The molecule has 1 aromatic heterocycles. The average molecular weight is 603 g/mol. The van der Waals surface area contributed by atoms with E-state index in [1.54, 1.807) is 38.1 Å². The van der Waals surface area contributed by atoms with Crippen molar-refractivity contribution in [3.63, 3.8) is 0 Å². The van der Waals surface area contributed by atoms with E-state index >= 15 is 0 Å². The zero-order chi connectivity index (χ0) is 31.6. The van der Waals surface area contributed by atoms with Crippen molar-refractivity contribution in [3.05, 3.63) is 77.6 Å². The Morgan fingerprint density at radius 1 is 0.705 bits per heavy atom.